The van der Waals surface area contributed by atoms with Gasteiger partial charge in [-0.05, 0) is 72.7 Å². The van der Waals surface area contributed by atoms with Crippen LogP contribution in [0.4, 0.5) is 5.69 Å². The number of nitrogen functional groups attached to an aromatic ring is 1. The number of ether oxygens (including phenoxy) is 2. The fraction of sp³-hybridized carbons (Fsp3) is 0.286. The van der Waals surface area contributed by atoms with Crippen LogP contribution in [-0.4, -0.2) is 34.5 Å². The van der Waals surface area contributed by atoms with Crippen molar-refractivity contribution < 1.29 is 14.3 Å². The fourth-order valence-corrected chi connectivity index (χ4v) is 3.54. The smallest absolute Gasteiger partial charge is 0.341 e. The SMILES string of the molecule is COC(=O)c1cc(I)ccc1OCCC[C@H](C)n1cnnc1-c1cccc(N)c1. The summed E-state index contributed by atoms with van der Waals surface area (Å²) in [5.41, 5.74) is 7.96. The molecule has 0 amide bonds. The number of rotatable bonds is 8. The Kier molecular flexibility index (Phi) is 7.08. The highest BCUT2D eigenvalue weighted by atomic mass is 127. The maximum Gasteiger partial charge on any atom is 0.341 e. The molecule has 2 aromatic carbocycles. The predicted octanol–water partition coefficient (Wildman–Crippen LogP) is 4.34. The minimum absolute atomic E-state index is 0.182. The Morgan fingerprint density at radius 3 is 2.86 bits per heavy atom. The number of halogens is 1. The second kappa shape index (κ2) is 9.73. The van der Waals surface area contributed by atoms with E-state index in [-0.39, 0.29) is 6.04 Å². The van der Waals surface area contributed by atoms with Gasteiger partial charge in [0.25, 0.3) is 0 Å². The Morgan fingerprint density at radius 2 is 2.10 bits per heavy atom. The maximum absolute atomic E-state index is 11.9. The third-order valence-electron chi connectivity index (χ3n) is 4.56. The molecule has 1 heterocycles. The Bertz CT molecular complexity index is 990. The lowest BCUT2D eigenvalue weighted by atomic mass is 10.1. The summed E-state index contributed by atoms with van der Waals surface area (Å²) < 4.78 is 13.7. The summed E-state index contributed by atoms with van der Waals surface area (Å²) in [6.07, 6.45) is 3.41. The van der Waals surface area contributed by atoms with Gasteiger partial charge in [0.05, 0.1) is 13.7 Å². The van der Waals surface area contributed by atoms with Crippen molar-refractivity contribution in [1.82, 2.24) is 14.8 Å². The zero-order valence-corrected chi connectivity index (χ0v) is 18.5. The quantitative estimate of drug-likeness (QED) is 0.212. The molecule has 0 aliphatic carbocycles. The van der Waals surface area contributed by atoms with Crippen LogP contribution in [0, 0.1) is 3.57 Å². The van der Waals surface area contributed by atoms with Gasteiger partial charge in [0.2, 0.25) is 0 Å². The van der Waals surface area contributed by atoms with Gasteiger partial charge in [0.15, 0.2) is 5.82 Å². The van der Waals surface area contributed by atoms with E-state index in [2.05, 4.69) is 39.7 Å². The molecule has 3 aromatic rings. The van der Waals surface area contributed by atoms with Crippen LogP contribution in [0.2, 0.25) is 0 Å². The van der Waals surface area contributed by atoms with Crippen LogP contribution in [-0.2, 0) is 4.74 Å². The first-order valence-electron chi connectivity index (χ1n) is 9.25. The summed E-state index contributed by atoms with van der Waals surface area (Å²) in [4.78, 5) is 11.9. The van der Waals surface area contributed by atoms with E-state index in [1.807, 2.05) is 34.9 Å². The third-order valence-corrected chi connectivity index (χ3v) is 5.23. The summed E-state index contributed by atoms with van der Waals surface area (Å²) in [6.45, 7) is 2.61. The van der Waals surface area contributed by atoms with Crippen LogP contribution in [0.25, 0.3) is 11.4 Å². The Balaban J connectivity index is 1.60. The molecule has 0 bridgehead atoms. The van der Waals surface area contributed by atoms with Crippen molar-refractivity contribution in [3.63, 3.8) is 0 Å². The van der Waals surface area contributed by atoms with Crippen molar-refractivity contribution in [2.24, 2.45) is 0 Å². The lowest BCUT2D eigenvalue weighted by Gasteiger charge is -2.16. The number of benzene rings is 2. The van der Waals surface area contributed by atoms with Gasteiger partial charge in [-0.15, -0.1) is 10.2 Å². The second-order valence-corrected chi connectivity index (χ2v) is 7.90. The molecule has 29 heavy (non-hydrogen) atoms. The number of carbonyl (C=O) groups excluding carboxylic acids is 1. The number of nitrogens with two attached hydrogens (primary N) is 1. The molecule has 0 unspecified atom stereocenters. The number of aromatic nitrogens is 3. The first-order chi connectivity index (χ1) is 14.0. The second-order valence-electron chi connectivity index (χ2n) is 6.66. The van der Waals surface area contributed by atoms with Crippen molar-refractivity contribution >= 4 is 34.2 Å². The van der Waals surface area contributed by atoms with E-state index in [4.69, 9.17) is 15.2 Å². The first kappa shape index (κ1) is 21.1. The highest BCUT2D eigenvalue weighted by molar-refractivity contribution is 14.1. The first-order valence-corrected chi connectivity index (χ1v) is 10.3. The van der Waals surface area contributed by atoms with E-state index in [9.17, 15) is 4.79 Å². The predicted molar refractivity (Wildman–Crippen MR) is 120 cm³/mol. The molecule has 7 nitrogen and oxygen atoms in total. The zero-order valence-electron chi connectivity index (χ0n) is 16.3. The minimum Gasteiger partial charge on any atom is -0.493 e. The highest BCUT2D eigenvalue weighted by Gasteiger charge is 2.15. The average molecular weight is 506 g/mol. The molecule has 0 saturated carbocycles. The third kappa shape index (κ3) is 5.26. The number of hydrogen-bond acceptors (Lipinski definition) is 6. The van der Waals surface area contributed by atoms with Crippen LogP contribution in [0.1, 0.15) is 36.2 Å². The Labute approximate surface area is 183 Å². The summed E-state index contributed by atoms with van der Waals surface area (Å²) in [7, 11) is 1.37. The molecule has 152 valence electrons. The number of nitrogens with zero attached hydrogens (tertiary/aromatic N) is 3. The summed E-state index contributed by atoms with van der Waals surface area (Å²) in [5, 5.41) is 8.31. The Morgan fingerprint density at radius 1 is 1.28 bits per heavy atom. The number of carbonyl (C=O) groups is 1. The molecule has 0 fully saturated rings. The van der Waals surface area contributed by atoms with Crippen molar-refractivity contribution in [3.05, 3.63) is 57.9 Å². The van der Waals surface area contributed by atoms with Gasteiger partial charge in [-0.3, -0.25) is 0 Å². The van der Waals surface area contributed by atoms with Crippen molar-refractivity contribution in [3.8, 4) is 17.1 Å². The van der Waals surface area contributed by atoms with Gasteiger partial charge in [0, 0.05) is 20.9 Å². The zero-order chi connectivity index (χ0) is 20.8. The minimum atomic E-state index is -0.400. The molecule has 0 aliphatic heterocycles. The monoisotopic (exact) mass is 506 g/mol. The van der Waals surface area contributed by atoms with Gasteiger partial charge in [-0.25, -0.2) is 4.79 Å². The number of esters is 1. The van der Waals surface area contributed by atoms with E-state index in [1.165, 1.54) is 7.11 Å². The molecular formula is C21H23IN4O3. The van der Waals surface area contributed by atoms with E-state index < -0.39 is 5.97 Å². The molecule has 0 aliphatic rings. The largest absolute Gasteiger partial charge is 0.493 e. The molecule has 1 aromatic heterocycles. The van der Waals surface area contributed by atoms with Crippen LogP contribution in [0.15, 0.2) is 48.8 Å². The lowest BCUT2D eigenvalue weighted by Crippen LogP contribution is -2.10. The van der Waals surface area contributed by atoms with E-state index in [1.54, 1.807) is 18.5 Å². The van der Waals surface area contributed by atoms with Crippen molar-refractivity contribution in [1.29, 1.82) is 0 Å². The van der Waals surface area contributed by atoms with Crippen LogP contribution in [0.5, 0.6) is 5.75 Å². The fourth-order valence-electron chi connectivity index (χ4n) is 3.05. The molecule has 3 rings (SSSR count). The Hall–Kier alpha value is -2.62. The molecule has 0 spiro atoms. The lowest BCUT2D eigenvalue weighted by molar-refractivity contribution is 0.0595. The van der Waals surface area contributed by atoms with E-state index in [0.717, 1.165) is 27.8 Å². The molecule has 8 heteroatoms. The molecular weight excluding hydrogens is 483 g/mol. The van der Waals surface area contributed by atoms with E-state index in [0.29, 0.717) is 23.6 Å². The summed E-state index contributed by atoms with van der Waals surface area (Å²) in [6, 6.07) is 13.3. The maximum atomic E-state index is 11.9. The van der Waals surface area contributed by atoms with Gasteiger partial charge in [-0.2, -0.15) is 0 Å². The molecule has 0 radical (unpaired) electrons. The van der Waals surface area contributed by atoms with Crippen LogP contribution in [0.3, 0.4) is 0 Å². The van der Waals surface area contributed by atoms with Gasteiger partial charge < -0.3 is 19.8 Å². The topological polar surface area (TPSA) is 92.3 Å². The highest BCUT2D eigenvalue weighted by Crippen LogP contribution is 2.25. The summed E-state index contributed by atoms with van der Waals surface area (Å²) in [5.74, 6) is 0.925. The number of hydrogen-bond donors (Lipinski definition) is 1. The van der Waals surface area contributed by atoms with Crippen LogP contribution < -0.4 is 10.5 Å². The summed E-state index contributed by atoms with van der Waals surface area (Å²) >= 11 is 2.16. The number of anilines is 1. The van der Waals surface area contributed by atoms with Gasteiger partial charge in [0.1, 0.15) is 17.6 Å². The van der Waals surface area contributed by atoms with Crippen molar-refractivity contribution in [2.75, 3.05) is 19.5 Å². The van der Waals surface area contributed by atoms with Gasteiger partial charge >= 0.3 is 5.97 Å². The molecule has 2 N–H and O–H groups in total. The standard InChI is InChI=1S/C21H23IN4O3/c1-14(26-13-24-25-20(26)15-6-3-7-17(23)11-15)5-4-10-29-19-9-8-16(22)12-18(19)21(27)28-2/h3,6-9,11-14H,4-5,10,23H2,1-2H3/t14-/m0/s1. The number of methoxy groups -OCH3 is 1. The molecule has 0 saturated heterocycles. The average Bonchev–Trinajstić information content (AvgIpc) is 3.21. The normalized spacial score (nSPS) is 11.8. The molecule has 1 atom stereocenters. The van der Waals surface area contributed by atoms with Crippen molar-refractivity contribution in [2.45, 2.75) is 25.8 Å². The van der Waals surface area contributed by atoms with Gasteiger partial charge in [-0.1, -0.05) is 12.1 Å². The van der Waals surface area contributed by atoms with E-state index >= 15 is 0 Å². The van der Waals surface area contributed by atoms with Crippen LogP contribution >= 0.6 is 22.6 Å².